The van der Waals surface area contributed by atoms with Crippen molar-refractivity contribution in [3.8, 4) is 0 Å². The molecule has 6 nitrogen and oxygen atoms in total. The number of piperidine rings is 1. The molecule has 0 aromatic carbocycles. The van der Waals surface area contributed by atoms with Crippen LogP contribution in [-0.4, -0.2) is 46.0 Å². The van der Waals surface area contributed by atoms with Crippen LogP contribution < -0.4 is 10.2 Å². The third-order valence-electron chi connectivity index (χ3n) is 3.66. The van der Waals surface area contributed by atoms with Gasteiger partial charge >= 0.3 is 6.18 Å². The minimum atomic E-state index is -4.57. The van der Waals surface area contributed by atoms with Gasteiger partial charge in [-0.1, -0.05) is 0 Å². The van der Waals surface area contributed by atoms with Crippen LogP contribution in [0.3, 0.4) is 0 Å². The molecule has 0 radical (unpaired) electrons. The van der Waals surface area contributed by atoms with Gasteiger partial charge in [-0.15, -0.1) is 15.3 Å². The number of anilines is 1. The van der Waals surface area contributed by atoms with E-state index in [1.807, 2.05) is 11.9 Å². The molecule has 3 rings (SSSR count). The third kappa shape index (κ3) is 2.65. The van der Waals surface area contributed by atoms with Crippen molar-refractivity contribution >= 4 is 11.5 Å². The first-order valence-electron chi connectivity index (χ1n) is 6.71. The van der Waals surface area contributed by atoms with Crippen molar-refractivity contribution in [2.45, 2.75) is 25.1 Å². The number of nitrogens with zero attached hydrogens (tertiary/aromatic N) is 5. The van der Waals surface area contributed by atoms with Crippen molar-refractivity contribution in [1.29, 1.82) is 0 Å². The summed E-state index contributed by atoms with van der Waals surface area (Å²) in [5.74, 6) is -0.589. The largest absolute Gasteiger partial charge is 0.453 e. The highest BCUT2D eigenvalue weighted by Crippen LogP contribution is 2.28. The maximum absolute atomic E-state index is 12.9. The van der Waals surface area contributed by atoms with Gasteiger partial charge in [0.25, 0.3) is 5.82 Å². The van der Waals surface area contributed by atoms with Gasteiger partial charge in [0.15, 0.2) is 5.65 Å². The molecule has 1 aliphatic heterocycles. The average molecular weight is 300 g/mol. The van der Waals surface area contributed by atoms with Crippen LogP contribution in [0.4, 0.5) is 19.0 Å². The van der Waals surface area contributed by atoms with E-state index in [1.165, 1.54) is 6.07 Å². The number of aromatic nitrogens is 4. The molecule has 0 aliphatic carbocycles. The fourth-order valence-electron chi connectivity index (χ4n) is 2.55. The SMILES string of the molecule is CNC1CCCN(c2ccc3nnc(C(F)(F)F)n3n2)C1. The molecule has 0 spiro atoms. The lowest BCUT2D eigenvalue weighted by Gasteiger charge is -2.33. The molecule has 1 atom stereocenters. The van der Waals surface area contributed by atoms with Gasteiger partial charge in [-0.3, -0.25) is 0 Å². The highest BCUT2D eigenvalue weighted by Gasteiger charge is 2.37. The monoisotopic (exact) mass is 300 g/mol. The Labute approximate surface area is 119 Å². The first kappa shape index (κ1) is 14.1. The summed E-state index contributed by atoms with van der Waals surface area (Å²) in [4.78, 5) is 1.98. The number of hydrogen-bond donors (Lipinski definition) is 1. The van der Waals surface area contributed by atoms with Crippen molar-refractivity contribution in [3.05, 3.63) is 18.0 Å². The van der Waals surface area contributed by atoms with Crippen LogP contribution in [0.2, 0.25) is 0 Å². The molecular formula is C12H15F3N6. The molecule has 1 saturated heterocycles. The number of halogens is 3. The van der Waals surface area contributed by atoms with Crippen molar-refractivity contribution < 1.29 is 13.2 Å². The van der Waals surface area contributed by atoms with E-state index < -0.39 is 12.0 Å². The number of nitrogens with one attached hydrogen (secondary N) is 1. The number of hydrogen-bond acceptors (Lipinski definition) is 5. The van der Waals surface area contributed by atoms with Crippen molar-refractivity contribution in [2.24, 2.45) is 0 Å². The second-order valence-electron chi connectivity index (χ2n) is 5.06. The van der Waals surface area contributed by atoms with E-state index in [0.29, 0.717) is 11.9 Å². The molecule has 1 unspecified atom stereocenters. The van der Waals surface area contributed by atoms with Crippen LogP contribution in [0.15, 0.2) is 12.1 Å². The molecule has 1 N–H and O–H groups in total. The van der Waals surface area contributed by atoms with Crippen molar-refractivity contribution in [2.75, 3.05) is 25.0 Å². The zero-order chi connectivity index (χ0) is 15.0. The van der Waals surface area contributed by atoms with Gasteiger partial charge in [0.05, 0.1) is 0 Å². The molecule has 2 aromatic heterocycles. The van der Waals surface area contributed by atoms with E-state index in [9.17, 15) is 13.2 Å². The highest BCUT2D eigenvalue weighted by atomic mass is 19.4. The van der Waals surface area contributed by atoms with Gasteiger partial charge in [-0.2, -0.15) is 17.7 Å². The quantitative estimate of drug-likeness (QED) is 0.907. The Morgan fingerprint density at radius 1 is 1.29 bits per heavy atom. The number of rotatable bonds is 2. The first-order valence-corrected chi connectivity index (χ1v) is 6.71. The normalized spacial score (nSPS) is 20.2. The summed E-state index contributed by atoms with van der Waals surface area (Å²) in [6.07, 6.45) is -2.55. The summed E-state index contributed by atoms with van der Waals surface area (Å²) in [5.41, 5.74) is 0.0910. The maximum Gasteiger partial charge on any atom is 0.453 e. The number of alkyl halides is 3. The van der Waals surface area contributed by atoms with Crippen LogP contribution in [0.5, 0.6) is 0 Å². The number of fused-ring (bicyclic) bond motifs is 1. The molecule has 2 aromatic rings. The van der Waals surface area contributed by atoms with Gasteiger partial charge in [0.1, 0.15) is 5.82 Å². The summed E-state index contributed by atoms with van der Waals surface area (Å²) >= 11 is 0. The Morgan fingerprint density at radius 2 is 2.10 bits per heavy atom. The molecule has 1 fully saturated rings. The van der Waals surface area contributed by atoms with E-state index in [0.717, 1.165) is 30.4 Å². The summed E-state index contributed by atoms with van der Waals surface area (Å²) in [7, 11) is 1.88. The third-order valence-corrected chi connectivity index (χ3v) is 3.66. The van der Waals surface area contributed by atoms with E-state index >= 15 is 0 Å². The van der Waals surface area contributed by atoms with Crippen molar-refractivity contribution in [3.63, 3.8) is 0 Å². The van der Waals surface area contributed by atoms with E-state index in [1.54, 1.807) is 6.07 Å². The van der Waals surface area contributed by atoms with Crippen LogP contribution in [0.1, 0.15) is 18.7 Å². The Morgan fingerprint density at radius 3 is 2.81 bits per heavy atom. The Kier molecular flexibility index (Phi) is 3.44. The van der Waals surface area contributed by atoms with Crippen LogP contribution in [0.25, 0.3) is 5.65 Å². The van der Waals surface area contributed by atoms with Crippen LogP contribution in [0, 0.1) is 0 Å². The second-order valence-corrected chi connectivity index (χ2v) is 5.06. The smallest absolute Gasteiger partial charge is 0.354 e. The minimum absolute atomic E-state index is 0.0910. The van der Waals surface area contributed by atoms with Crippen LogP contribution >= 0.6 is 0 Å². The summed E-state index contributed by atoms with van der Waals surface area (Å²) in [5, 5.41) is 13.9. The Balaban J connectivity index is 1.96. The molecule has 0 saturated carbocycles. The van der Waals surface area contributed by atoms with Gasteiger partial charge in [0.2, 0.25) is 0 Å². The van der Waals surface area contributed by atoms with Gasteiger partial charge < -0.3 is 10.2 Å². The van der Waals surface area contributed by atoms with Crippen LogP contribution in [-0.2, 0) is 6.18 Å². The molecule has 1 aliphatic rings. The molecule has 0 bridgehead atoms. The zero-order valence-electron chi connectivity index (χ0n) is 11.4. The average Bonchev–Trinajstić information content (AvgIpc) is 2.90. The molecule has 21 heavy (non-hydrogen) atoms. The summed E-state index contributed by atoms with van der Waals surface area (Å²) < 4.78 is 39.3. The molecule has 3 heterocycles. The molecule has 0 amide bonds. The second kappa shape index (κ2) is 5.14. The van der Waals surface area contributed by atoms with Gasteiger partial charge in [0, 0.05) is 19.1 Å². The minimum Gasteiger partial charge on any atom is -0.354 e. The Hall–Kier alpha value is -1.90. The van der Waals surface area contributed by atoms with E-state index in [-0.39, 0.29) is 5.65 Å². The summed E-state index contributed by atoms with van der Waals surface area (Å²) in [6, 6.07) is 3.51. The summed E-state index contributed by atoms with van der Waals surface area (Å²) in [6.45, 7) is 1.50. The molecule has 9 heteroatoms. The predicted octanol–water partition coefficient (Wildman–Crippen LogP) is 1.33. The topological polar surface area (TPSA) is 58.3 Å². The molecule has 114 valence electrons. The number of likely N-dealkylation sites (N-methyl/N-ethyl adjacent to an activating group) is 1. The fourth-order valence-corrected chi connectivity index (χ4v) is 2.55. The lowest BCUT2D eigenvalue weighted by atomic mass is 10.1. The Bertz CT molecular complexity index is 637. The molecular weight excluding hydrogens is 285 g/mol. The zero-order valence-corrected chi connectivity index (χ0v) is 11.4. The van der Waals surface area contributed by atoms with E-state index in [2.05, 4.69) is 20.6 Å². The van der Waals surface area contributed by atoms with E-state index in [4.69, 9.17) is 0 Å². The van der Waals surface area contributed by atoms with Gasteiger partial charge in [-0.25, -0.2) is 0 Å². The maximum atomic E-state index is 12.9. The lowest BCUT2D eigenvalue weighted by Crippen LogP contribution is -2.44. The highest BCUT2D eigenvalue weighted by molar-refractivity contribution is 5.46. The predicted molar refractivity (Wildman–Crippen MR) is 70.1 cm³/mol. The lowest BCUT2D eigenvalue weighted by molar-refractivity contribution is -0.146. The van der Waals surface area contributed by atoms with Gasteiger partial charge in [-0.05, 0) is 32.0 Å². The first-order chi connectivity index (χ1) is 9.99. The standard InChI is InChI=1S/C12H15F3N6/c1-16-8-3-2-6-20(7-8)10-5-4-9-17-18-11(12(13,14)15)21(9)19-10/h4-5,8,16H,2-3,6-7H2,1H3. The fraction of sp³-hybridized carbons (Fsp3) is 0.583. The van der Waals surface area contributed by atoms with Crippen molar-refractivity contribution in [1.82, 2.24) is 25.1 Å².